The lowest BCUT2D eigenvalue weighted by molar-refractivity contribution is -0.127. The number of hydrogen-bond donors (Lipinski definition) is 1. The number of ether oxygens (including phenoxy) is 1. The summed E-state index contributed by atoms with van der Waals surface area (Å²) in [6.07, 6.45) is 3.63. The number of likely N-dealkylation sites (tertiary alicyclic amines) is 1. The highest BCUT2D eigenvalue weighted by Gasteiger charge is 2.39. The van der Waals surface area contributed by atoms with Crippen molar-refractivity contribution in [3.63, 3.8) is 0 Å². The minimum atomic E-state index is -0.341. The van der Waals surface area contributed by atoms with Gasteiger partial charge in [0.2, 0.25) is 11.8 Å². The van der Waals surface area contributed by atoms with Crippen LogP contribution in [0.15, 0.2) is 30.6 Å². The van der Waals surface area contributed by atoms with Gasteiger partial charge in [-0.25, -0.2) is 4.68 Å². The van der Waals surface area contributed by atoms with Crippen molar-refractivity contribution in [2.75, 3.05) is 14.2 Å². The molecule has 0 aliphatic carbocycles. The summed E-state index contributed by atoms with van der Waals surface area (Å²) in [5.74, 6) is 0.132. The van der Waals surface area contributed by atoms with Gasteiger partial charge in [-0.1, -0.05) is 6.07 Å². The van der Waals surface area contributed by atoms with Crippen LogP contribution < -0.4 is 10.1 Å². The van der Waals surface area contributed by atoms with Crippen molar-refractivity contribution in [1.29, 1.82) is 0 Å². The molecule has 0 aromatic carbocycles. The van der Waals surface area contributed by atoms with E-state index in [1.54, 1.807) is 37.5 Å². The van der Waals surface area contributed by atoms with E-state index in [4.69, 9.17) is 4.74 Å². The maximum Gasteiger partial charge on any atom is 0.272 e. The van der Waals surface area contributed by atoms with Crippen molar-refractivity contribution in [2.24, 2.45) is 7.05 Å². The number of carbonyl (C=O) groups excluding carboxylic acids is 2. The van der Waals surface area contributed by atoms with Gasteiger partial charge in [0.15, 0.2) is 5.69 Å². The molecule has 1 fully saturated rings. The number of aryl methyl sites for hydroxylation is 1. The summed E-state index contributed by atoms with van der Waals surface area (Å²) in [6.45, 7) is 0. The molecule has 3 heterocycles. The number of methoxy groups -OCH3 is 1. The van der Waals surface area contributed by atoms with Gasteiger partial charge in [-0.3, -0.25) is 14.6 Å². The predicted molar refractivity (Wildman–Crippen MR) is 85.4 cm³/mol. The quantitative estimate of drug-likeness (QED) is 0.883. The molecule has 2 amide bonds. The van der Waals surface area contributed by atoms with E-state index in [0.717, 1.165) is 5.56 Å². The summed E-state index contributed by atoms with van der Waals surface area (Å²) in [7, 11) is 4.94. The molecule has 8 heteroatoms. The number of likely N-dealkylation sites (N-methyl/N-ethyl adjacent to an activating group) is 1. The average molecular weight is 329 g/mol. The first-order chi connectivity index (χ1) is 11.5. The van der Waals surface area contributed by atoms with Crippen molar-refractivity contribution in [3.8, 4) is 5.88 Å². The van der Waals surface area contributed by atoms with Gasteiger partial charge >= 0.3 is 0 Å². The third-order valence-corrected chi connectivity index (χ3v) is 4.21. The van der Waals surface area contributed by atoms with Crippen molar-refractivity contribution >= 4 is 11.8 Å². The van der Waals surface area contributed by atoms with E-state index in [2.05, 4.69) is 15.4 Å². The summed E-state index contributed by atoms with van der Waals surface area (Å²) >= 11 is 0. The van der Waals surface area contributed by atoms with Gasteiger partial charge in [-0.15, -0.1) is 0 Å². The van der Waals surface area contributed by atoms with E-state index >= 15 is 0 Å². The number of carbonyl (C=O) groups is 2. The second kappa shape index (κ2) is 6.31. The van der Waals surface area contributed by atoms with Crippen LogP contribution in [0.4, 0.5) is 0 Å². The van der Waals surface area contributed by atoms with E-state index in [9.17, 15) is 9.59 Å². The van der Waals surface area contributed by atoms with E-state index in [-0.39, 0.29) is 36.0 Å². The van der Waals surface area contributed by atoms with Gasteiger partial charge in [0.25, 0.3) is 5.91 Å². The Hall–Kier alpha value is -2.90. The highest BCUT2D eigenvalue weighted by molar-refractivity contribution is 5.93. The predicted octanol–water partition coefficient (Wildman–Crippen LogP) is 0.525. The summed E-state index contributed by atoms with van der Waals surface area (Å²) in [6, 6.07) is 4.69. The minimum Gasteiger partial charge on any atom is -0.481 e. The van der Waals surface area contributed by atoms with E-state index in [1.165, 1.54) is 11.8 Å². The minimum absolute atomic E-state index is 0.0206. The van der Waals surface area contributed by atoms with Gasteiger partial charge in [0, 0.05) is 39.0 Å². The van der Waals surface area contributed by atoms with Crippen LogP contribution in [-0.2, 0) is 11.8 Å². The monoisotopic (exact) mass is 329 g/mol. The molecule has 0 bridgehead atoms. The topological polar surface area (TPSA) is 89.3 Å². The first-order valence-corrected chi connectivity index (χ1v) is 7.55. The number of aromatic nitrogens is 3. The van der Waals surface area contributed by atoms with Crippen LogP contribution in [0, 0.1) is 0 Å². The molecule has 0 saturated carbocycles. The SMILES string of the molecule is COc1cc(C(=O)N[C@@H]2CC(=O)N(C)[C@H]2c2cccnc2)nn1C. The van der Waals surface area contributed by atoms with Crippen LogP contribution in [0.25, 0.3) is 0 Å². The molecule has 8 nitrogen and oxygen atoms in total. The Morgan fingerprint density at radius 3 is 2.83 bits per heavy atom. The third-order valence-electron chi connectivity index (χ3n) is 4.21. The molecule has 1 N–H and O–H groups in total. The van der Waals surface area contributed by atoms with Crippen molar-refractivity contribution in [1.82, 2.24) is 25.0 Å². The second-order valence-corrected chi connectivity index (χ2v) is 5.72. The fourth-order valence-electron chi connectivity index (χ4n) is 3.00. The Labute approximate surface area is 139 Å². The Morgan fingerprint density at radius 1 is 1.42 bits per heavy atom. The Balaban J connectivity index is 1.82. The molecule has 0 unspecified atom stereocenters. The lowest BCUT2D eigenvalue weighted by Crippen LogP contribution is -2.39. The van der Waals surface area contributed by atoms with E-state index < -0.39 is 0 Å². The van der Waals surface area contributed by atoms with E-state index in [1.807, 2.05) is 12.1 Å². The van der Waals surface area contributed by atoms with Crippen LogP contribution in [-0.4, -0.2) is 51.7 Å². The Kier molecular flexibility index (Phi) is 4.20. The zero-order valence-electron chi connectivity index (χ0n) is 13.8. The zero-order valence-corrected chi connectivity index (χ0v) is 13.8. The number of amides is 2. The second-order valence-electron chi connectivity index (χ2n) is 5.72. The maximum atomic E-state index is 12.5. The molecular weight excluding hydrogens is 310 g/mol. The van der Waals surface area contributed by atoms with Gasteiger partial charge < -0.3 is 15.0 Å². The molecule has 3 rings (SSSR count). The first-order valence-electron chi connectivity index (χ1n) is 7.55. The molecule has 1 aliphatic rings. The van der Waals surface area contributed by atoms with Gasteiger partial charge in [-0.2, -0.15) is 5.10 Å². The third kappa shape index (κ3) is 2.82. The number of nitrogens with one attached hydrogen (secondary N) is 1. The first kappa shape index (κ1) is 16.0. The Bertz CT molecular complexity index is 758. The molecule has 2 aromatic heterocycles. The molecule has 0 spiro atoms. The van der Waals surface area contributed by atoms with Gasteiger partial charge in [-0.05, 0) is 11.6 Å². The smallest absolute Gasteiger partial charge is 0.272 e. The fourth-order valence-corrected chi connectivity index (χ4v) is 3.00. The van der Waals surface area contributed by atoms with Crippen LogP contribution in [0.3, 0.4) is 0 Å². The summed E-state index contributed by atoms with van der Waals surface area (Å²) in [4.78, 5) is 30.3. The lowest BCUT2D eigenvalue weighted by atomic mass is 10.0. The number of rotatable bonds is 4. The molecule has 1 aliphatic heterocycles. The van der Waals surface area contributed by atoms with E-state index in [0.29, 0.717) is 5.88 Å². The standard InChI is InChI=1S/C16H19N5O3/c1-20-13(22)7-11(15(20)10-5-4-6-17-9-10)18-16(23)12-8-14(24-3)21(2)19-12/h4-6,8-9,11,15H,7H2,1-3H3,(H,18,23)/t11-,15+/m1/s1. The molecule has 0 radical (unpaired) electrons. The largest absolute Gasteiger partial charge is 0.481 e. The highest BCUT2D eigenvalue weighted by atomic mass is 16.5. The summed E-state index contributed by atoms with van der Waals surface area (Å²) in [5, 5.41) is 7.04. The summed E-state index contributed by atoms with van der Waals surface area (Å²) in [5.41, 5.74) is 1.14. The zero-order chi connectivity index (χ0) is 17.3. The molecule has 1 saturated heterocycles. The number of pyridine rings is 1. The highest BCUT2D eigenvalue weighted by Crippen LogP contribution is 2.31. The summed E-state index contributed by atoms with van der Waals surface area (Å²) < 4.78 is 6.61. The molecule has 2 atom stereocenters. The van der Waals surface area contributed by atoms with Crippen LogP contribution >= 0.6 is 0 Å². The molecule has 24 heavy (non-hydrogen) atoms. The fraction of sp³-hybridized carbons (Fsp3) is 0.375. The number of nitrogens with zero attached hydrogens (tertiary/aromatic N) is 4. The molecule has 2 aromatic rings. The maximum absolute atomic E-state index is 12.5. The lowest BCUT2D eigenvalue weighted by Gasteiger charge is -2.25. The average Bonchev–Trinajstić information content (AvgIpc) is 3.08. The van der Waals surface area contributed by atoms with Crippen LogP contribution in [0.1, 0.15) is 28.5 Å². The van der Waals surface area contributed by atoms with Crippen molar-refractivity contribution in [2.45, 2.75) is 18.5 Å². The van der Waals surface area contributed by atoms with Crippen molar-refractivity contribution < 1.29 is 14.3 Å². The van der Waals surface area contributed by atoms with Gasteiger partial charge in [0.05, 0.1) is 19.2 Å². The Morgan fingerprint density at radius 2 is 2.21 bits per heavy atom. The number of hydrogen-bond acceptors (Lipinski definition) is 5. The van der Waals surface area contributed by atoms with Crippen molar-refractivity contribution in [3.05, 3.63) is 41.9 Å². The molecule has 126 valence electrons. The molecular formula is C16H19N5O3. The normalized spacial score (nSPS) is 20.3. The van der Waals surface area contributed by atoms with Gasteiger partial charge in [0.1, 0.15) is 0 Å². The van der Waals surface area contributed by atoms with Crippen LogP contribution in [0.2, 0.25) is 0 Å². The van der Waals surface area contributed by atoms with Crippen LogP contribution in [0.5, 0.6) is 5.88 Å².